The van der Waals surface area contributed by atoms with Crippen molar-refractivity contribution in [1.82, 2.24) is 10.3 Å². The van der Waals surface area contributed by atoms with Crippen LogP contribution < -0.4 is 10.6 Å². The number of halogens is 1. The molecule has 7 heteroatoms. The molecular formula is C15H15ClN4O2. The van der Waals surface area contributed by atoms with E-state index >= 15 is 0 Å². The molecule has 0 saturated carbocycles. The first-order valence-electron chi connectivity index (χ1n) is 7.00. The molecule has 0 fully saturated rings. The fourth-order valence-corrected chi connectivity index (χ4v) is 2.83. The maximum Gasteiger partial charge on any atom is 0.312 e. The van der Waals surface area contributed by atoms with Gasteiger partial charge in [-0.25, -0.2) is 4.98 Å². The van der Waals surface area contributed by atoms with E-state index in [2.05, 4.69) is 27.8 Å². The summed E-state index contributed by atoms with van der Waals surface area (Å²) in [7, 11) is 0. The summed E-state index contributed by atoms with van der Waals surface area (Å²) >= 11 is 5.77. The highest BCUT2D eigenvalue weighted by Gasteiger charge is 2.21. The van der Waals surface area contributed by atoms with Crippen LogP contribution in [0.15, 0.2) is 36.5 Å². The fourth-order valence-electron chi connectivity index (χ4n) is 2.68. The van der Waals surface area contributed by atoms with Gasteiger partial charge in [0, 0.05) is 24.8 Å². The Labute approximate surface area is 132 Å². The zero-order chi connectivity index (χ0) is 15.5. The van der Waals surface area contributed by atoms with Gasteiger partial charge in [0.1, 0.15) is 0 Å². The number of rotatable bonds is 4. The van der Waals surface area contributed by atoms with Gasteiger partial charge in [0.2, 0.25) is 5.82 Å². The average molecular weight is 319 g/mol. The minimum absolute atomic E-state index is 0.0991. The van der Waals surface area contributed by atoms with Gasteiger partial charge >= 0.3 is 5.69 Å². The lowest BCUT2D eigenvalue weighted by atomic mass is 9.94. The first-order valence-corrected chi connectivity index (χ1v) is 7.38. The van der Waals surface area contributed by atoms with Gasteiger partial charge in [-0.15, -0.1) is 0 Å². The lowest BCUT2D eigenvalue weighted by Gasteiger charge is -2.27. The van der Waals surface area contributed by atoms with Gasteiger partial charge in [-0.3, -0.25) is 10.1 Å². The molecule has 1 aromatic heterocycles. The van der Waals surface area contributed by atoms with Crippen molar-refractivity contribution in [3.8, 4) is 0 Å². The zero-order valence-corrected chi connectivity index (χ0v) is 12.5. The molecule has 0 spiro atoms. The standard InChI is InChI=1S/C15H15ClN4O2/c16-11-7-14(20(21)22)15(18-8-11)19-9-13-12-4-2-1-3-10(12)5-6-17-13/h1-4,7-8,13,17H,5-6,9H2,(H,18,19). The third-order valence-electron chi connectivity index (χ3n) is 3.72. The SMILES string of the molecule is O=[N+]([O-])c1cc(Cl)cnc1NCC1NCCc2ccccc21. The van der Waals surface area contributed by atoms with E-state index < -0.39 is 4.92 Å². The number of hydrogen-bond acceptors (Lipinski definition) is 5. The van der Waals surface area contributed by atoms with E-state index in [0.717, 1.165) is 13.0 Å². The van der Waals surface area contributed by atoms with Crippen LogP contribution in [-0.4, -0.2) is 23.0 Å². The Balaban J connectivity index is 1.78. The van der Waals surface area contributed by atoms with Crippen molar-refractivity contribution in [2.45, 2.75) is 12.5 Å². The molecule has 0 radical (unpaired) electrons. The smallest absolute Gasteiger partial charge is 0.312 e. The van der Waals surface area contributed by atoms with Crippen molar-refractivity contribution in [3.63, 3.8) is 0 Å². The van der Waals surface area contributed by atoms with Crippen molar-refractivity contribution in [2.75, 3.05) is 18.4 Å². The molecule has 2 heterocycles. The molecular weight excluding hydrogens is 304 g/mol. The first kappa shape index (κ1) is 14.7. The molecule has 1 aromatic carbocycles. The van der Waals surface area contributed by atoms with E-state index in [-0.39, 0.29) is 22.6 Å². The Morgan fingerprint density at radius 1 is 1.45 bits per heavy atom. The van der Waals surface area contributed by atoms with Gasteiger partial charge in [-0.1, -0.05) is 35.9 Å². The predicted octanol–water partition coefficient (Wildman–Crippen LogP) is 2.94. The molecule has 1 aliphatic heterocycles. The summed E-state index contributed by atoms with van der Waals surface area (Å²) < 4.78 is 0. The number of pyridine rings is 1. The molecule has 1 atom stereocenters. The highest BCUT2D eigenvalue weighted by molar-refractivity contribution is 6.30. The number of nitro groups is 1. The Morgan fingerprint density at radius 3 is 3.09 bits per heavy atom. The van der Waals surface area contributed by atoms with E-state index in [1.54, 1.807) is 0 Å². The Bertz CT molecular complexity index is 708. The molecule has 1 aliphatic rings. The zero-order valence-electron chi connectivity index (χ0n) is 11.8. The molecule has 0 saturated heterocycles. The summed E-state index contributed by atoms with van der Waals surface area (Å²) in [6.45, 7) is 1.41. The molecule has 1 unspecified atom stereocenters. The van der Waals surface area contributed by atoms with Gasteiger partial charge in [-0.05, 0) is 24.1 Å². The molecule has 2 N–H and O–H groups in total. The van der Waals surface area contributed by atoms with Crippen molar-refractivity contribution in [2.24, 2.45) is 0 Å². The number of hydrogen-bond donors (Lipinski definition) is 2. The Kier molecular flexibility index (Phi) is 4.22. The minimum Gasteiger partial charge on any atom is -0.362 e. The second kappa shape index (κ2) is 6.29. The average Bonchev–Trinajstić information content (AvgIpc) is 2.53. The summed E-state index contributed by atoms with van der Waals surface area (Å²) in [4.78, 5) is 14.6. The minimum atomic E-state index is -0.483. The number of nitrogens with zero attached hydrogens (tertiary/aromatic N) is 2. The first-order chi connectivity index (χ1) is 10.6. The highest BCUT2D eigenvalue weighted by atomic mass is 35.5. The summed E-state index contributed by atoms with van der Waals surface area (Å²) in [5.41, 5.74) is 2.42. The van der Waals surface area contributed by atoms with E-state index in [1.165, 1.54) is 23.4 Å². The fraction of sp³-hybridized carbons (Fsp3) is 0.267. The highest BCUT2D eigenvalue weighted by Crippen LogP contribution is 2.27. The Hall–Kier alpha value is -2.18. The van der Waals surface area contributed by atoms with E-state index in [0.29, 0.717) is 6.54 Å². The molecule has 6 nitrogen and oxygen atoms in total. The van der Waals surface area contributed by atoms with Gasteiger partial charge in [0.05, 0.1) is 9.95 Å². The van der Waals surface area contributed by atoms with Crippen LogP contribution in [0.25, 0.3) is 0 Å². The third kappa shape index (κ3) is 3.03. The quantitative estimate of drug-likeness (QED) is 0.669. The van der Waals surface area contributed by atoms with Crippen molar-refractivity contribution >= 4 is 23.1 Å². The van der Waals surface area contributed by atoms with Crippen molar-refractivity contribution in [3.05, 3.63) is 62.8 Å². The Morgan fingerprint density at radius 2 is 2.27 bits per heavy atom. The van der Waals surface area contributed by atoms with E-state index in [1.807, 2.05) is 12.1 Å². The van der Waals surface area contributed by atoms with Crippen LogP contribution in [0.4, 0.5) is 11.5 Å². The van der Waals surface area contributed by atoms with Crippen molar-refractivity contribution in [1.29, 1.82) is 0 Å². The van der Waals surface area contributed by atoms with Crippen LogP contribution in [0.3, 0.4) is 0 Å². The largest absolute Gasteiger partial charge is 0.362 e. The maximum atomic E-state index is 11.1. The van der Waals surface area contributed by atoms with Crippen molar-refractivity contribution < 1.29 is 4.92 Å². The second-order valence-corrected chi connectivity index (χ2v) is 5.55. The monoisotopic (exact) mass is 318 g/mol. The molecule has 2 aromatic rings. The normalized spacial score (nSPS) is 16.9. The summed E-state index contributed by atoms with van der Waals surface area (Å²) in [6, 6.07) is 9.63. The lowest BCUT2D eigenvalue weighted by Crippen LogP contribution is -2.34. The van der Waals surface area contributed by atoms with E-state index in [4.69, 9.17) is 11.6 Å². The van der Waals surface area contributed by atoms with Gasteiger partial charge in [0.15, 0.2) is 0 Å². The van der Waals surface area contributed by atoms with Gasteiger partial charge < -0.3 is 10.6 Å². The summed E-state index contributed by atoms with van der Waals surface area (Å²) in [5.74, 6) is 0.235. The van der Waals surface area contributed by atoms with Crippen LogP contribution >= 0.6 is 11.6 Å². The number of aromatic nitrogens is 1. The molecule has 22 heavy (non-hydrogen) atoms. The van der Waals surface area contributed by atoms with Gasteiger partial charge in [0.25, 0.3) is 0 Å². The number of nitrogens with one attached hydrogen (secondary N) is 2. The van der Waals surface area contributed by atoms with Crippen LogP contribution in [0.2, 0.25) is 5.02 Å². The van der Waals surface area contributed by atoms with Crippen LogP contribution in [0.1, 0.15) is 17.2 Å². The van der Waals surface area contributed by atoms with Crippen LogP contribution in [0, 0.1) is 10.1 Å². The number of benzene rings is 1. The number of fused-ring (bicyclic) bond motifs is 1. The third-order valence-corrected chi connectivity index (χ3v) is 3.93. The molecule has 3 rings (SSSR count). The molecule has 114 valence electrons. The predicted molar refractivity (Wildman–Crippen MR) is 85.3 cm³/mol. The lowest BCUT2D eigenvalue weighted by molar-refractivity contribution is -0.384. The summed E-state index contributed by atoms with van der Waals surface area (Å²) in [5, 5.41) is 17.8. The van der Waals surface area contributed by atoms with Crippen LogP contribution in [0.5, 0.6) is 0 Å². The molecule has 0 aliphatic carbocycles. The second-order valence-electron chi connectivity index (χ2n) is 5.11. The van der Waals surface area contributed by atoms with E-state index in [9.17, 15) is 10.1 Å². The maximum absolute atomic E-state index is 11.1. The van der Waals surface area contributed by atoms with Gasteiger partial charge in [-0.2, -0.15) is 0 Å². The van der Waals surface area contributed by atoms with Crippen LogP contribution in [-0.2, 0) is 6.42 Å². The molecule has 0 bridgehead atoms. The topological polar surface area (TPSA) is 80.1 Å². The number of anilines is 1. The summed E-state index contributed by atoms with van der Waals surface area (Å²) in [6.07, 6.45) is 2.39. The molecule has 0 amide bonds.